The summed E-state index contributed by atoms with van der Waals surface area (Å²) in [4.78, 5) is 26.2. The molecule has 26 heavy (non-hydrogen) atoms. The van der Waals surface area contributed by atoms with Gasteiger partial charge in [0.05, 0.1) is 11.7 Å². The van der Waals surface area contributed by atoms with Gasteiger partial charge in [-0.05, 0) is 36.4 Å². The average Bonchev–Trinajstić information content (AvgIpc) is 3.06. The Kier molecular flexibility index (Phi) is 3.76. The minimum atomic E-state index is -0.496. The first-order chi connectivity index (χ1) is 12.5. The topological polar surface area (TPSA) is 68.3 Å². The lowest BCUT2D eigenvalue weighted by Crippen LogP contribution is -2.30. The van der Waals surface area contributed by atoms with E-state index in [4.69, 9.17) is 4.42 Å². The lowest BCUT2D eigenvalue weighted by Gasteiger charge is -2.17. The van der Waals surface area contributed by atoms with Crippen molar-refractivity contribution < 1.29 is 13.6 Å². The zero-order chi connectivity index (χ0) is 18.3. The second-order valence-corrected chi connectivity index (χ2v) is 5.88. The van der Waals surface area contributed by atoms with Crippen LogP contribution in [0.5, 0.6) is 0 Å². The van der Waals surface area contributed by atoms with Gasteiger partial charge >= 0.3 is 5.63 Å². The van der Waals surface area contributed by atoms with E-state index in [1.54, 1.807) is 19.2 Å². The molecule has 130 valence electrons. The maximum atomic E-state index is 13.1. The van der Waals surface area contributed by atoms with Crippen LogP contribution in [0.25, 0.3) is 21.9 Å². The molecule has 0 fully saturated rings. The predicted molar refractivity (Wildman–Crippen MR) is 95.6 cm³/mol. The van der Waals surface area contributed by atoms with Gasteiger partial charge in [0.15, 0.2) is 0 Å². The zero-order valence-electron chi connectivity index (χ0n) is 13.8. The number of anilines is 1. The molecule has 0 spiro atoms. The summed E-state index contributed by atoms with van der Waals surface area (Å²) >= 11 is 0. The van der Waals surface area contributed by atoms with Crippen LogP contribution in [0, 0.1) is 5.82 Å². The Labute approximate surface area is 147 Å². The number of benzene rings is 2. The maximum absolute atomic E-state index is 13.1. The van der Waals surface area contributed by atoms with Crippen molar-refractivity contribution in [2.45, 2.75) is 6.54 Å². The van der Waals surface area contributed by atoms with E-state index in [-0.39, 0.29) is 18.3 Å². The Morgan fingerprint density at radius 2 is 1.88 bits per heavy atom. The molecule has 4 rings (SSSR count). The first-order valence-corrected chi connectivity index (χ1v) is 7.94. The molecule has 7 heteroatoms. The third-order valence-electron chi connectivity index (χ3n) is 4.28. The number of para-hydroxylation sites is 1. The molecule has 0 saturated heterocycles. The molecule has 0 aliphatic heterocycles. The molecule has 0 aliphatic carbocycles. The van der Waals surface area contributed by atoms with Gasteiger partial charge in [-0.3, -0.25) is 9.48 Å². The van der Waals surface area contributed by atoms with E-state index in [9.17, 15) is 14.0 Å². The number of halogens is 1. The van der Waals surface area contributed by atoms with Gasteiger partial charge in [0.25, 0.3) is 0 Å². The number of hydrogen-bond donors (Lipinski definition) is 0. The molecule has 0 unspecified atom stereocenters. The quantitative estimate of drug-likeness (QED) is 0.532. The van der Waals surface area contributed by atoms with Crippen molar-refractivity contribution in [3.63, 3.8) is 0 Å². The molecular weight excluding hydrogens is 337 g/mol. The van der Waals surface area contributed by atoms with Crippen LogP contribution in [-0.4, -0.2) is 22.7 Å². The second kappa shape index (κ2) is 6.11. The largest absolute Gasteiger partial charge is 0.422 e. The minimum Gasteiger partial charge on any atom is -0.422 e. The van der Waals surface area contributed by atoms with Gasteiger partial charge in [0, 0.05) is 18.1 Å². The van der Waals surface area contributed by atoms with Crippen molar-refractivity contribution in [3.05, 3.63) is 71.0 Å². The highest BCUT2D eigenvalue weighted by Crippen LogP contribution is 2.22. The lowest BCUT2D eigenvalue weighted by molar-refractivity contribution is -0.119. The molecule has 0 saturated carbocycles. The molecule has 6 nitrogen and oxygen atoms in total. The summed E-state index contributed by atoms with van der Waals surface area (Å²) in [5.41, 5.74) is 1.06. The molecule has 0 atom stereocenters. The molecule has 1 amide bonds. The van der Waals surface area contributed by atoms with Crippen molar-refractivity contribution >= 4 is 33.5 Å². The predicted octanol–water partition coefficient (Wildman–Crippen LogP) is 2.94. The minimum absolute atomic E-state index is 0.0647. The molecule has 2 aromatic heterocycles. The van der Waals surface area contributed by atoms with Gasteiger partial charge in [0.1, 0.15) is 23.3 Å². The molecule has 2 heterocycles. The SMILES string of the molecule is CN(C(=O)Cn1ncc2c(=O)oc3ccccc3c21)c1ccc(F)cc1. The van der Waals surface area contributed by atoms with E-state index in [2.05, 4.69) is 5.10 Å². The van der Waals surface area contributed by atoms with Crippen LogP contribution in [0.2, 0.25) is 0 Å². The summed E-state index contributed by atoms with van der Waals surface area (Å²) < 4.78 is 19.8. The molecule has 2 aromatic carbocycles. The van der Waals surface area contributed by atoms with Crippen LogP contribution in [0.4, 0.5) is 10.1 Å². The lowest BCUT2D eigenvalue weighted by atomic mass is 10.2. The molecule has 0 N–H and O–H groups in total. The number of likely N-dealkylation sites (N-methyl/N-ethyl adjacent to an activating group) is 1. The molecule has 0 bridgehead atoms. The van der Waals surface area contributed by atoms with Gasteiger partial charge in [-0.1, -0.05) is 12.1 Å². The van der Waals surface area contributed by atoms with Gasteiger partial charge in [0.2, 0.25) is 5.91 Å². The van der Waals surface area contributed by atoms with E-state index >= 15 is 0 Å². The number of hydrogen-bond acceptors (Lipinski definition) is 4. The Balaban J connectivity index is 1.74. The monoisotopic (exact) mass is 351 g/mol. The summed E-state index contributed by atoms with van der Waals surface area (Å²) in [6.07, 6.45) is 1.40. The molecule has 4 aromatic rings. The van der Waals surface area contributed by atoms with E-state index in [0.29, 0.717) is 27.6 Å². The van der Waals surface area contributed by atoms with E-state index in [1.165, 1.54) is 40.0 Å². The smallest absolute Gasteiger partial charge is 0.347 e. The van der Waals surface area contributed by atoms with Gasteiger partial charge in [-0.2, -0.15) is 5.10 Å². The van der Waals surface area contributed by atoms with E-state index < -0.39 is 5.63 Å². The maximum Gasteiger partial charge on any atom is 0.347 e. The van der Waals surface area contributed by atoms with Crippen LogP contribution in [0.15, 0.2) is 63.9 Å². The van der Waals surface area contributed by atoms with Crippen LogP contribution < -0.4 is 10.5 Å². The van der Waals surface area contributed by atoms with Crippen LogP contribution in [0.3, 0.4) is 0 Å². The van der Waals surface area contributed by atoms with Crippen molar-refractivity contribution in [2.24, 2.45) is 0 Å². The Hall–Kier alpha value is -3.48. The number of amides is 1. The number of carbonyl (C=O) groups excluding carboxylic acids is 1. The number of carbonyl (C=O) groups is 1. The first kappa shape index (κ1) is 16.0. The Morgan fingerprint density at radius 1 is 1.15 bits per heavy atom. The third kappa shape index (κ3) is 2.63. The number of fused-ring (bicyclic) bond motifs is 3. The van der Waals surface area contributed by atoms with Crippen molar-refractivity contribution in [3.8, 4) is 0 Å². The Morgan fingerprint density at radius 3 is 2.65 bits per heavy atom. The van der Waals surface area contributed by atoms with Crippen LogP contribution in [-0.2, 0) is 11.3 Å². The van der Waals surface area contributed by atoms with Gasteiger partial charge in [-0.15, -0.1) is 0 Å². The van der Waals surface area contributed by atoms with Gasteiger partial charge in [-0.25, -0.2) is 9.18 Å². The summed E-state index contributed by atoms with van der Waals surface area (Å²) in [7, 11) is 1.60. The molecule has 0 aliphatic rings. The van der Waals surface area contributed by atoms with E-state index in [0.717, 1.165) is 0 Å². The summed E-state index contributed by atoms with van der Waals surface area (Å²) in [5.74, 6) is -0.621. The fourth-order valence-electron chi connectivity index (χ4n) is 2.89. The fourth-order valence-corrected chi connectivity index (χ4v) is 2.89. The van der Waals surface area contributed by atoms with Crippen molar-refractivity contribution in [1.29, 1.82) is 0 Å². The number of nitrogens with zero attached hydrogens (tertiary/aromatic N) is 3. The zero-order valence-corrected chi connectivity index (χ0v) is 13.8. The molecular formula is C19H14FN3O3. The summed E-state index contributed by atoms with van der Waals surface area (Å²) in [5, 5.41) is 5.21. The molecule has 0 radical (unpaired) electrons. The summed E-state index contributed by atoms with van der Waals surface area (Å²) in [6.45, 7) is -0.0647. The normalized spacial score (nSPS) is 11.2. The van der Waals surface area contributed by atoms with Gasteiger partial charge < -0.3 is 9.32 Å². The average molecular weight is 351 g/mol. The van der Waals surface area contributed by atoms with Crippen molar-refractivity contribution in [1.82, 2.24) is 9.78 Å². The number of aromatic nitrogens is 2. The summed E-state index contributed by atoms with van der Waals surface area (Å²) in [6, 6.07) is 12.7. The third-order valence-corrected chi connectivity index (χ3v) is 4.28. The standard InChI is InChI=1S/C19H14FN3O3/c1-22(13-8-6-12(20)7-9-13)17(24)11-23-18-14-4-2-3-5-16(14)26-19(25)15(18)10-21-23/h2-10H,11H2,1H3. The van der Waals surface area contributed by atoms with Crippen molar-refractivity contribution in [2.75, 3.05) is 11.9 Å². The highest BCUT2D eigenvalue weighted by Gasteiger charge is 2.17. The first-order valence-electron chi connectivity index (χ1n) is 7.94. The highest BCUT2D eigenvalue weighted by molar-refractivity contribution is 6.02. The van der Waals surface area contributed by atoms with E-state index in [1.807, 2.05) is 12.1 Å². The van der Waals surface area contributed by atoms with Crippen LogP contribution in [0.1, 0.15) is 0 Å². The second-order valence-electron chi connectivity index (χ2n) is 5.88. The Bertz CT molecular complexity index is 1180. The van der Waals surface area contributed by atoms with Crippen LogP contribution >= 0.6 is 0 Å². The highest BCUT2D eigenvalue weighted by atomic mass is 19.1. The fraction of sp³-hybridized carbons (Fsp3) is 0.105. The number of rotatable bonds is 3.